The zero-order valence-corrected chi connectivity index (χ0v) is 22.9. The van der Waals surface area contributed by atoms with E-state index in [0.29, 0.717) is 22.6 Å². The van der Waals surface area contributed by atoms with Gasteiger partial charge in [0.1, 0.15) is 0 Å². The van der Waals surface area contributed by atoms with Crippen LogP contribution in [-0.4, -0.2) is 6.66 Å². The fourth-order valence-corrected chi connectivity index (χ4v) is 16.5. The molecule has 4 aromatic carbocycles. The zero-order valence-electron chi connectivity index (χ0n) is 21.0. The van der Waals surface area contributed by atoms with Gasteiger partial charge in [-0.25, -0.2) is 0 Å². The van der Waals surface area contributed by atoms with Crippen molar-refractivity contribution in [2.75, 3.05) is 6.66 Å². The van der Waals surface area contributed by atoms with Crippen molar-refractivity contribution < 1.29 is 4.31 Å². The molecule has 4 aromatic rings. The normalized spacial score (nSPS) is 26.6. The van der Waals surface area contributed by atoms with Crippen LogP contribution >= 0.6 is 15.6 Å². The minimum atomic E-state index is -2.21. The second-order valence-electron chi connectivity index (χ2n) is 10.6. The van der Waals surface area contributed by atoms with E-state index in [2.05, 4.69) is 128 Å². The summed E-state index contributed by atoms with van der Waals surface area (Å²) in [6.45, 7) is 2.57. The Labute approximate surface area is 218 Å². The van der Waals surface area contributed by atoms with Gasteiger partial charge in [-0.1, -0.05) is 0 Å². The molecule has 0 N–H and O–H groups in total. The third-order valence-corrected chi connectivity index (χ3v) is 17.3. The third kappa shape index (κ3) is 4.59. The van der Waals surface area contributed by atoms with Gasteiger partial charge in [-0.2, -0.15) is 0 Å². The molecule has 2 fully saturated rings. The molecule has 2 heterocycles. The monoisotopic (exact) mass is 510 g/mol. The molecule has 6 rings (SSSR count). The van der Waals surface area contributed by atoms with Gasteiger partial charge in [-0.05, 0) is 0 Å². The summed E-state index contributed by atoms with van der Waals surface area (Å²) in [6, 6.07) is 44.9. The molecule has 2 saturated heterocycles. The molecule has 0 amide bonds. The minimum absolute atomic E-state index is 0.504. The van der Waals surface area contributed by atoms with Crippen molar-refractivity contribution in [3.8, 4) is 0 Å². The van der Waals surface area contributed by atoms with Crippen molar-refractivity contribution in [1.82, 2.24) is 0 Å². The Balaban J connectivity index is 1.43. The Morgan fingerprint density at radius 3 is 1.19 bits per heavy atom. The summed E-state index contributed by atoms with van der Waals surface area (Å²) in [5, 5.41) is 0. The first-order chi connectivity index (χ1) is 17.7. The predicted octanol–water partition coefficient (Wildman–Crippen LogP) is 10.2. The zero-order chi connectivity index (χ0) is 24.4. The first kappa shape index (κ1) is 24.1. The van der Waals surface area contributed by atoms with Crippen LogP contribution in [0.15, 0.2) is 121 Å². The van der Waals surface area contributed by atoms with Crippen LogP contribution in [0.4, 0.5) is 0 Å². The van der Waals surface area contributed by atoms with E-state index in [4.69, 9.17) is 4.31 Å². The summed E-state index contributed by atoms with van der Waals surface area (Å²) in [5.41, 5.74) is 7.95. The van der Waals surface area contributed by atoms with Crippen molar-refractivity contribution in [3.05, 3.63) is 144 Å². The van der Waals surface area contributed by atoms with E-state index in [1.807, 2.05) is 0 Å². The average molecular weight is 511 g/mol. The molecule has 36 heavy (non-hydrogen) atoms. The summed E-state index contributed by atoms with van der Waals surface area (Å²) in [7, 11) is -2.87. The number of hydrogen-bond donors (Lipinski definition) is 0. The molecule has 0 radical (unpaired) electrons. The van der Waals surface area contributed by atoms with Crippen LogP contribution in [0.5, 0.6) is 0 Å². The Bertz CT molecular complexity index is 1150. The number of hydrogen-bond acceptors (Lipinski definition) is 1. The van der Waals surface area contributed by atoms with Crippen LogP contribution in [0.1, 0.15) is 70.6 Å². The number of rotatable bonds is 6. The molecule has 2 aliphatic rings. The van der Waals surface area contributed by atoms with Crippen LogP contribution in [0.25, 0.3) is 0 Å². The Morgan fingerprint density at radius 1 is 0.500 bits per heavy atom. The molecule has 0 spiro atoms. The van der Waals surface area contributed by atoms with Gasteiger partial charge in [-0.3, -0.25) is 0 Å². The summed E-state index contributed by atoms with van der Waals surface area (Å²) < 4.78 is 7.83. The first-order valence-electron chi connectivity index (χ1n) is 13.4. The average Bonchev–Trinajstić information content (AvgIpc) is 3.51. The van der Waals surface area contributed by atoms with Crippen molar-refractivity contribution >= 4 is 15.6 Å². The summed E-state index contributed by atoms with van der Waals surface area (Å²) in [4.78, 5) is 0. The van der Waals surface area contributed by atoms with Crippen LogP contribution in [0, 0.1) is 0 Å². The third-order valence-electron chi connectivity index (χ3n) is 8.53. The van der Waals surface area contributed by atoms with Gasteiger partial charge in [0.25, 0.3) is 0 Å². The quantitative estimate of drug-likeness (QED) is 0.235. The fraction of sp³-hybridized carbons (Fsp3) is 0.273. The van der Waals surface area contributed by atoms with Crippen LogP contribution in [0.3, 0.4) is 0 Å². The van der Waals surface area contributed by atoms with Gasteiger partial charge >= 0.3 is 219 Å². The van der Waals surface area contributed by atoms with Gasteiger partial charge in [0.15, 0.2) is 0 Å². The van der Waals surface area contributed by atoms with Crippen molar-refractivity contribution in [2.45, 2.75) is 48.3 Å². The standard InChI is InChI=1S/C33H36OP2/c1-36(32(28-18-10-4-11-19-28)24-25-33(36)29-20-12-5-13-21-29)34-35-30(26-14-6-2-7-15-26)22-23-31(35)27-16-8-3-9-17-27/h2-21,30-33,36H,22-25H2,1H3/t30-,31-,32-,33-/m0/s1. The van der Waals surface area contributed by atoms with E-state index in [9.17, 15) is 0 Å². The van der Waals surface area contributed by atoms with Gasteiger partial charge in [0.05, 0.1) is 0 Å². The maximum absolute atomic E-state index is 7.83. The molecular weight excluding hydrogens is 474 g/mol. The van der Waals surface area contributed by atoms with Gasteiger partial charge in [-0.15, -0.1) is 0 Å². The molecule has 0 bridgehead atoms. The summed E-state index contributed by atoms with van der Waals surface area (Å²) >= 11 is 0. The predicted molar refractivity (Wildman–Crippen MR) is 157 cm³/mol. The van der Waals surface area contributed by atoms with Crippen LogP contribution < -0.4 is 0 Å². The molecular formula is C33H36OP2. The number of benzene rings is 4. The summed E-state index contributed by atoms with van der Waals surface area (Å²) in [6.07, 6.45) is 4.88. The van der Waals surface area contributed by atoms with E-state index in [1.165, 1.54) is 47.9 Å². The molecule has 4 atom stereocenters. The Morgan fingerprint density at radius 2 is 0.833 bits per heavy atom. The van der Waals surface area contributed by atoms with E-state index in [1.54, 1.807) is 0 Å². The van der Waals surface area contributed by atoms with Crippen molar-refractivity contribution in [2.24, 2.45) is 0 Å². The van der Waals surface area contributed by atoms with E-state index in [-0.39, 0.29) is 0 Å². The van der Waals surface area contributed by atoms with Crippen molar-refractivity contribution in [1.29, 1.82) is 0 Å². The van der Waals surface area contributed by atoms with Gasteiger partial charge < -0.3 is 0 Å². The summed E-state index contributed by atoms with van der Waals surface area (Å²) in [5.74, 6) is 0. The molecule has 184 valence electrons. The first-order valence-corrected chi connectivity index (χ1v) is 17.4. The molecule has 0 aliphatic carbocycles. The van der Waals surface area contributed by atoms with E-state index in [0.717, 1.165) is 0 Å². The Hall–Kier alpha value is -2.30. The second kappa shape index (κ2) is 10.6. The van der Waals surface area contributed by atoms with Gasteiger partial charge in [0.2, 0.25) is 0 Å². The molecule has 1 nitrogen and oxygen atoms in total. The van der Waals surface area contributed by atoms with Gasteiger partial charge in [0, 0.05) is 0 Å². The Kier molecular flexibility index (Phi) is 7.08. The molecule has 0 aromatic heterocycles. The van der Waals surface area contributed by atoms with Crippen molar-refractivity contribution in [3.63, 3.8) is 0 Å². The van der Waals surface area contributed by atoms with Crippen LogP contribution in [0.2, 0.25) is 0 Å². The topological polar surface area (TPSA) is 9.23 Å². The van der Waals surface area contributed by atoms with E-state index < -0.39 is 15.6 Å². The second-order valence-corrected chi connectivity index (χ2v) is 17.0. The molecule has 3 heteroatoms. The SMILES string of the molecule is C[PH]1(OP2[C@H](c3ccccc3)CC[C@H]2c2ccccc2)[C@H](c2ccccc2)CC[C@H]1c1ccccc1. The maximum atomic E-state index is 7.83. The molecule has 2 aliphatic heterocycles. The van der Waals surface area contributed by atoms with Crippen LogP contribution in [-0.2, 0) is 4.31 Å². The van der Waals surface area contributed by atoms with E-state index >= 15 is 0 Å². The molecule has 0 unspecified atom stereocenters. The fourth-order valence-electron chi connectivity index (χ4n) is 6.76. The molecule has 0 saturated carbocycles.